The third-order valence-corrected chi connectivity index (χ3v) is 4.95. The van der Waals surface area contributed by atoms with Gasteiger partial charge >= 0.3 is 0 Å². The average Bonchev–Trinajstić information content (AvgIpc) is 2.89. The van der Waals surface area contributed by atoms with Crippen LogP contribution < -0.4 is 0 Å². The van der Waals surface area contributed by atoms with E-state index in [0.29, 0.717) is 4.83 Å². The fraction of sp³-hybridized carbons (Fsp3) is 0.429. The van der Waals surface area contributed by atoms with Gasteiger partial charge in [-0.05, 0) is 25.5 Å². The Balaban J connectivity index is 1.82. The maximum atomic E-state index is 4.18. The van der Waals surface area contributed by atoms with Crippen LogP contribution in [0, 0.1) is 6.92 Å². The van der Waals surface area contributed by atoms with Crippen LogP contribution in [0.15, 0.2) is 35.4 Å². The molecule has 0 aliphatic carbocycles. The van der Waals surface area contributed by atoms with E-state index in [1.54, 1.807) is 0 Å². The average molecular weight is 340 g/mol. The van der Waals surface area contributed by atoms with Gasteiger partial charge in [-0.1, -0.05) is 45.8 Å². The first-order chi connectivity index (χ1) is 9.19. The molecule has 1 aromatic carbocycles. The SMILES string of the molecule is CCC(Br)c1cn(CCSc2ccc(C)cc2)nn1. The van der Waals surface area contributed by atoms with E-state index in [-0.39, 0.29) is 0 Å². The second-order valence-electron chi connectivity index (χ2n) is 4.44. The molecule has 1 unspecified atom stereocenters. The van der Waals surface area contributed by atoms with E-state index in [0.717, 1.165) is 24.4 Å². The highest BCUT2D eigenvalue weighted by molar-refractivity contribution is 9.09. The molecule has 0 aliphatic heterocycles. The highest BCUT2D eigenvalue weighted by Gasteiger charge is 2.09. The van der Waals surface area contributed by atoms with Crippen molar-refractivity contribution in [1.82, 2.24) is 15.0 Å². The Bertz CT molecular complexity index is 510. The summed E-state index contributed by atoms with van der Waals surface area (Å²) in [4.78, 5) is 1.61. The third-order valence-electron chi connectivity index (χ3n) is 2.85. The Morgan fingerprint density at radius 2 is 2.05 bits per heavy atom. The zero-order valence-electron chi connectivity index (χ0n) is 11.2. The molecule has 2 rings (SSSR count). The Morgan fingerprint density at radius 1 is 1.32 bits per heavy atom. The molecule has 1 aromatic heterocycles. The van der Waals surface area contributed by atoms with Gasteiger partial charge in [-0.3, -0.25) is 4.68 Å². The molecule has 0 amide bonds. The van der Waals surface area contributed by atoms with Crippen LogP contribution in [-0.4, -0.2) is 20.7 Å². The van der Waals surface area contributed by atoms with E-state index in [2.05, 4.69) is 64.4 Å². The summed E-state index contributed by atoms with van der Waals surface area (Å²) in [5.74, 6) is 1.00. The second kappa shape index (κ2) is 7.10. The second-order valence-corrected chi connectivity index (χ2v) is 6.72. The van der Waals surface area contributed by atoms with Crippen molar-refractivity contribution in [2.45, 2.75) is 36.5 Å². The lowest BCUT2D eigenvalue weighted by Gasteiger charge is -2.02. The Morgan fingerprint density at radius 3 is 2.74 bits per heavy atom. The van der Waals surface area contributed by atoms with E-state index >= 15 is 0 Å². The Labute approximate surface area is 126 Å². The van der Waals surface area contributed by atoms with Crippen LogP contribution in [0.3, 0.4) is 0 Å². The lowest BCUT2D eigenvalue weighted by atomic mass is 10.2. The van der Waals surface area contributed by atoms with Gasteiger partial charge in [0.05, 0.1) is 17.1 Å². The zero-order valence-corrected chi connectivity index (χ0v) is 13.6. The van der Waals surface area contributed by atoms with Gasteiger partial charge in [-0.15, -0.1) is 16.9 Å². The molecule has 1 heterocycles. The number of hydrogen-bond acceptors (Lipinski definition) is 3. The summed E-state index contributed by atoms with van der Waals surface area (Å²) < 4.78 is 1.92. The van der Waals surface area contributed by atoms with Gasteiger partial charge in [0.15, 0.2) is 0 Å². The van der Waals surface area contributed by atoms with Gasteiger partial charge in [0.25, 0.3) is 0 Å². The minimum atomic E-state index is 0.311. The fourth-order valence-corrected chi connectivity index (χ4v) is 2.72. The first-order valence-corrected chi connectivity index (χ1v) is 8.32. The topological polar surface area (TPSA) is 30.7 Å². The fourth-order valence-electron chi connectivity index (χ4n) is 1.67. The number of benzene rings is 1. The molecule has 0 saturated carbocycles. The summed E-state index contributed by atoms with van der Waals surface area (Å²) in [6, 6.07) is 8.62. The highest BCUT2D eigenvalue weighted by Crippen LogP contribution is 2.23. The molecule has 0 N–H and O–H groups in total. The molecule has 1 atom stereocenters. The summed E-state index contributed by atoms with van der Waals surface area (Å²) in [6.45, 7) is 5.12. The van der Waals surface area contributed by atoms with Crippen molar-refractivity contribution >= 4 is 27.7 Å². The predicted octanol–water partition coefficient (Wildman–Crippen LogP) is 4.22. The smallest absolute Gasteiger partial charge is 0.0963 e. The number of halogens is 1. The van der Waals surface area contributed by atoms with E-state index in [4.69, 9.17) is 0 Å². The molecule has 0 spiro atoms. The van der Waals surface area contributed by atoms with Crippen LogP contribution in [0.2, 0.25) is 0 Å². The number of thioether (sulfide) groups is 1. The molecular formula is C14H18BrN3S. The summed E-state index contributed by atoms with van der Waals surface area (Å²) in [5, 5.41) is 8.33. The van der Waals surface area contributed by atoms with Gasteiger partial charge in [0.1, 0.15) is 0 Å². The molecule has 2 aromatic rings. The van der Waals surface area contributed by atoms with Crippen LogP contribution >= 0.6 is 27.7 Å². The molecule has 0 fully saturated rings. The molecule has 0 saturated heterocycles. The zero-order chi connectivity index (χ0) is 13.7. The Kier molecular flexibility index (Phi) is 5.45. The van der Waals surface area contributed by atoms with Gasteiger partial charge in [-0.25, -0.2) is 0 Å². The van der Waals surface area contributed by atoms with Crippen molar-refractivity contribution in [3.05, 3.63) is 41.7 Å². The number of aryl methyl sites for hydroxylation is 2. The Hall–Kier alpha value is -0.810. The minimum Gasteiger partial charge on any atom is -0.251 e. The number of aromatic nitrogens is 3. The lowest BCUT2D eigenvalue weighted by Crippen LogP contribution is -2.01. The normalized spacial score (nSPS) is 12.6. The van der Waals surface area contributed by atoms with Crippen LogP contribution in [0.5, 0.6) is 0 Å². The van der Waals surface area contributed by atoms with Gasteiger partial charge in [0.2, 0.25) is 0 Å². The van der Waals surface area contributed by atoms with Crippen LogP contribution in [0.25, 0.3) is 0 Å². The van der Waals surface area contributed by atoms with Crippen LogP contribution in [0.4, 0.5) is 0 Å². The summed E-state index contributed by atoms with van der Waals surface area (Å²) in [6.07, 6.45) is 3.05. The van der Waals surface area contributed by atoms with Gasteiger partial charge < -0.3 is 0 Å². The highest BCUT2D eigenvalue weighted by atomic mass is 79.9. The summed E-state index contributed by atoms with van der Waals surface area (Å²) in [7, 11) is 0. The summed E-state index contributed by atoms with van der Waals surface area (Å²) in [5.41, 5.74) is 2.32. The van der Waals surface area contributed by atoms with Crippen molar-refractivity contribution in [2.75, 3.05) is 5.75 Å². The molecule has 3 nitrogen and oxygen atoms in total. The number of nitrogens with zero attached hydrogens (tertiary/aromatic N) is 3. The van der Waals surface area contributed by atoms with E-state index in [1.165, 1.54) is 10.5 Å². The molecule has 102 valence electrons. The van der Waals surface area contributed by atoms with Crippen LogP contribution in [-0.2, 0) is 6.54 Å². The van der Waals surface area contributed by atoms with E-state index in [1.807, 2.05) is 22.6 Å². The van der Waals surface area contributed by atoms with Gasteiger partial charge in [-0.2, -0.15) is 0 Å². The third kappa shape index (κ3) is 4.35. The number of rotatable bonds is 6. The first kappa shape index (κ1) is 14.6. The van der Waals surface area contributed by atoms with E-state index < -0.39 is 0 Å². The first-order valence-electron chi connectivity index (χ1n) is 6.42. The number of hydrogen-bond donors (Lipinski definition) is 0. The standard InChI is InChI=1S/C14H18BrN3S/c1-3-13(15)14-10-18(17-16-14)8-9-19-12-6-4-11(2)5-7-12/h4-7,10,13H,3,8-9H2,1-2H3. The molecule has 5 heteroatoms. The molecular weight excluding hydrogens is 322 g/mol. The molecule has 0 bridgehead atoms. The molecule has 0 radical (unpaired) electrons. The maximum absolute atomic E-state index is 4.18. The largest absolute Gasteiger partial charge is 0.251 e. The van der Waals surface area contributed by atoms with Crippen molar-refractivity contribution in [2.24, 2.45) is 0 Å². The molecule has 0 aliphatic rings. The maximum Gasteiger partial charge on any atom is 0.0963 e. The lowest BCUT2D eigenvalue weighted by molar-refractivity contribution is 0.632. The van der Waals surface area contributed by atoms with E-state index in [9.17, 15) is 0 Å². The van der Waals surface area contributed by atoms with Crippen molar-refractivity contribution in [3.63, 3.8) is 0 Å². The predicted molar refractivity (Wildman–Crippen MR) is 83.9 cm³/mol. The quantitative estimate of drug-likeness (QED) is 0.583. The van der Waals surface area contributed by atoms with Crippen molar-refractivity contribution in [1.29, 1.82) is 0 Å². The van der Waals surface area contributed by atoms with Crippen molar-refractivity contribution < 1.29 is 0 Å². The summed E-state index contributed by atoms with van der Waals surface area (Å²) >= 11 is 5.44. The minimum absolute atomic E-state index is 0.311. The van der Waals surface area contributed by atoms with Crippen LogP contribution in [0.1, 0.15) is 29.4 Å². The monoisotopic (exact) mass is 339 g/mol. The molecule has 19 heavy (non-hydrogen) atoms. The van der Waals surface area contributed by atoms with Gasteiger partial charge in [0, 0.05) is 16.8 Å². The van der Waals surface area contributed by atoms with Crippen molar-refractivity contribution in [3.8, 4) is 0 Å². The number of alkyl halides is 1.